The number of carbonyl (C=O) groups excluding carboxylic acids is 1. The van der Waals surface area contributed by atoms with E-state index in [9.17, 15) is 18.0 Å². The van der Waals surface area contributed by atoms with E-state index in [-0.39, 0.29) is 17.5 Å². The zero-order valence-corrected chi connectivity index (χ0v) is 13.2. The number of nitrogens with one attached hydrogen (secondary N) is 1. The largest absolute Gasteiger partial charge is 0.336 e. The van der Waals surface area contributed by atoms with E-state index >= 15 is 0 Å². The molecule has 3 nitrogen and oxygen atoms in total. The lowest BCUT2D eigenvalue weighted by Gasteiger charge is -2.32. The lowest BCUT2D eigenvalue weighted by molar-refractivity contribution is 0.0709. The molecular weight excluding hydrogens is 317 g/mol. The van der Waals surface area contributed by atoms with Gasteiger partial charge in [0.25, 0.3) is 5.91 Å². The van der Waals surface area contributed by atoms with E-state index in [1.807, 2.05) is 6.92 Å². The zero-order valence-electron chi connectivity index (χ0n) is 13.2. The van der Waals surface area contributed by atoms with Crippen LogP contribution in [0, 0.1) is 17.5 Å². The van der Waals surface area contributed by atoms with Crippen LogP contribution in [-0.4, -0.2) is 36.5 Å². The van der Waals surface area contributed by atoms with Crippen molar-refractivity contribution in [1.29, 1.82) is 0 Å². The van der Waals surface area contributed by atoms with Crippen molar-refractivity contribution in [3.05, 3.63) is 59.4 Å². The SMILES string of the molecule is CC1CN(C(=O)c2ccc(-c3cc(F)c(F)c(F)c3)cc2)CCN1. The van der Waals surface area contributed by atoms with E-state index < -0.39 is 17.5 Å². The molecule has 0 spiro atoms. The number of nitrogens with zero attached hydrogens (tertiary/aromatic N) is 1. The Hall–Kier alpha value is -2.34. The minimum absolute atomic E-state index is 0.0774. The maximum Gasteiger partial charge on any atom is 0.253 e. The minimum Gasteiger partial charge on any atom is -0.336 e. The smallest absolute Gasteiger partial charge is 0.253 e. The highest BCUT2D eigenvalue weighted by atomic mass is 19.2. The Labute approximate surface area is 138 Å². The first kappa shape index (κ1) is 16.5. The molecule has 2 aromatic rings. The Morgan fingerprint density at radius 1 is 1.08 bits per heavy atom. The Bertz CT molecular complexity index is 738. The molecule has 1 saturated heterocycles. The number of rotatable bonds is 2. The average molecular weight is 334 g/mol. The number of halogens is 3. The molecule has 126 valence electrons. The maximum absolute atomic E-state index is 13.3. The van der Waals surface area contributed by atoms with Gasteiger partial charge in [-0.1, -0.05) is 12.1 Å². The highest BCUT2D eigenvalue weighted by Gasteiger charge is 2.21. The fraction of sp³-hybridized carbons (Fsp3) is 0.278. The third-order valence-electron chi connectivity index (χ3n) is 4.10. The molecule has 1 aliphatic heterocycles. The van der Waals surface area contributed by atoms with Crippen LogP contribution in [0.2, 0.25) is 0 Å². The van der Waals surface area contributed by atoms with E-state index in [0.29, 0.717) is 24.2 Å². The summed E-state index contributed by atoms with van der Waals surface area (Å²) in [6.45, 7) is 4.04. The molecule has 1 N–H and O–H groups in total. The molecule has 1 fully saturated rings. The van der Waals surface area contributed by atoms with Crippen LogP contribution in [0.1, 0.15) is 17.3 Å². The Kier molecular flexibility index (Phi) is 4.57. The fourth-order valence-electron chi connectivity index (χ4n) is 2.83. The fourth-order valence-corrected chi connectivity index (χ4v) is 2.83. The lowest BCUT2D eigenvalue weighted by Crippen LogP contribution is -2.51. The quantitative estimate of drug-likeness (QED) is 0.856. The summed E-state index contributed by atoms with van der Waals surface area (Å²) in [6.07, 6.45) is 0. The molecule has 24 heavy (non-hydrogen) atoms. The van der Waals surface area contributed by atoms with E-state index in [1.54, 1.807) is 29.2 Å². The summed E-state index contributed by atoms with van der Waals surface area (Å²) < 4.78 is 39.7. The van der Waals surface area contributed by atoms with Crippen molar-refractivity contribution < 1.29 is 18.0 Å². The van der Waals surface area contributed by atoms with Crippen molar-refractivity contribution in [2.45, 2.75) is 13.0 Å². The highest BCUT2D eigenvalue weighted by Crippen LogP contribution is 2.24. The first-order valence-corrected chi connectivity index (χ1v) is 7.73. The van der Waals surface area contributed by atoms with Crippen LogP contribution in [-0.2, 0) is 0 Å². The second-order valence-corrected chi connectivity index (χ2v) is 5.94. The molecule has 1 atom stereocenters. The van der Waals surface area contributed by atoms with E-state index in [2.05, 4.69) is 5.32 Å². The van der Waals surface area contributed by atoms with Gasteiger partial charge in [-0.05, 0) is 42.3 Å². The van der Waals surface area contributed by atoms with E-state index in [1.165, 1.54) is 0 Å². The van der Waals surface area contributed by atoms with Crippen LogP contribution in [0.4, 0.5) is 13.2 Å². The van der Waals surface area contributed by atoms with Gasteiger partial charge in [0, 0.05) is 31.2 Å². The Morgan fingerprint density at radius 2 is 1.71 bits per heavy atom. The van der Waals surface area contributed by atoms with Gasteiger partial charge in [-0.25, -0.2) is 13.2 Å². The van der Waals surface area contributed by atoms with Crippen LogP contribution < -0.4 is 5.32 Å². The van der Waals surface area contributed by atoms with E-state index in [4.69, 9.17) is 0 Å². The molecule has 0 aliphatic carbocycles. The number of carbonyl (C=O) groups is 1. The zero-order chi connectivity index (χ0) is 17.3. The monoisotopic (exact) mass is 334 g/mol. The number of piperazine rings is 1. The first-order valence-electron chi connectivity index (χ1n) is 7.73. The first-order chi connectivity index (χ1) is 11.5. The van der Waals surface area contributed by atoms with Gasteiger partial charge in [-0.3, -0.25) is 4.79 Å². The normalized spacial score (nSPS) is 17.8. The highest BCUT2D eigenvalue weighted by molar-refractivity contribution is 5.94. The summed E-state index contributed by atoms with van der Waals surface area (Å²) in [7, 11) is 0. The summed E-state index contributed by atoms with van der Waals surface area (Å²) in [6, 6.07) is 8.55. The van der Waals surface area contributed by atoms with Crippen molar-refractivity contribution in [3.8, 4) is 11.1 Å². The lowest BCUT2D eigenvalue weighted by atomic mass is 10.0. The van der Waals surface area contributed by atoms with Crippen molar-refractivity contribution >= 4 is 5.91 Å². The average Bonchev–Trinajstić information content (AvgIpc) is 2.59. The predicted molar refractivity (Wildman–Crippen MR) is 85.1 cm³/mol. The summed E-state index contributed by atoms with van der Waals surface area (Å²) in [4.78, 5) is 14.2. The summed E-state index contributed by atoms with van der Waals surface area (Å²) in [5, 5.41) is 3.27. The topological polar surface area (TPSA) is 32.3 Å². The van der Waals surface area contributed by atoms with Gasteiger partial charge in [0.2, 0.25) is 0 Å². The second-order valence-electron chi connectivity index (χ2n) is 5.94. The molecule has 1 aliphatic rings. The van der Waals surface area contributed by atoms with Gasteiger partial charge >= 0.3 is 0 Å². The molecule has 3 rings (SSSR count). The molecule has 6 heteroatoms. The number of benzene rings is 2. The molecular formula is C18H17F3N2O. The Morgan fingerprint density at radius 3 is 2.29 bits per heavy atom. The van der Waals surface area contributed by atoms with Gasteiger partial charge < -0.3 is 10.2 Å². The summed E-state index contributed by atoms with van der Waals surface area (Å²) in [5.41, 5.74) is 1.25. The number of hydrogen-bond acceptors (Lipinski definition) is 2. The standard InChI is InChI=1S/C18H17F3N2O/c1-11-10-23(7-6-22-11)18(24)13-4-2-12(3-5-13)14-8-15(19)17(21)16(20)9-14/h2-5,8-9,11,22H,6-7,10H2,1H3. The molecule has 1 amide bonds. The second kappa shape index (κ2) is 6.65. The minimum atomic E-state index is -1.49. The van der Waals surface area contributed by atoms with Gasteiger partial charge in [-0.2, -0.15) is 0 Å². The predicted octanol–water partition coefficient (Wildman–Crippen LogP) is 3.20. The van der Waals surface area contributed by atoms with Crippen LogP contribution >= 0.6 is 0 Å². The van der Waals surface area contributed by atoms with Crippen molar-refractivity contribution in [3.63, 3.8) is 0 Å². The summed E-state index contributed by atoms with van der Waals surface area (Å²) >= 11 is 0. The molecule has 0 radical (unpaired) electrons. The molecule has 2 aromatic carbocycles. The van der Waals surface area contributed by atoms with Crippen LogP contribution in [0.3, 0.4) is 0 Å². The van der Waals surface area contributed by atoms with Gasteiger partial charge in [-0.15, -0.1) is 0 Å². The van der Waals surface area contributed by atoms with Crippen LogP contribution in [0.5, 0.6) is 0 Å². The van der Waals surface area contributed by atoms with Gasteiger partial charge in [0.1, 0.15) is 0 Å². The maximum atomic E-state index is 13.3. The van der Waals surface area contributed by atoms with E-state index in [0.717, 1.165) is 18.7 Å². The summed E-state index contributed by atoms with van der Waals surface area (Å²) in [5.74, 6) is -4.04. The van der Waals surface area contributed by atoms with Gasteiger partial charge in [0.15, 0.2) is 17.5 Å². The molecule has 0 bridgehead atoms. The Balaban J connectivity index is 1.82. The van der Waals surface area contributed by atoms with Crippen LogP contribution in [0.25, 0.3) is 11.1 Å². The molecule has 0 aromatic heterocycles. The number of amides is 1. The molecule has 1 heterocycles. The van der Waals surface area contributed by atoms with Crippen molar-refractivity contribution in [2.24, 2.45) is 0 Å². The van der Waals surface area contributed by atoms with Crippen molar-refractivity contribution in [2.75, 3.05) is 19.6 Å². The third-order valence-corrected chi connectivity index (χ3v) is 4.10. The van der Waals surface area contributed by atoms with Gasteiger partial charge in [0.05, 0.1) is 0 Å². The number of hydrogen-bond donors (Lipinski definition) is 1. The third kappa shape index (κ3) is 3.28. The molecule has 1 unspecified atom stereocenters. The van der Waals surface area contributed by atoms with Crippen LogP contribution in [0.15, 0.2) is 36.4 Å². The molecule has 0 saturated carbocycles. The van der Waals surface area contributed by atoms with Crippen molar-refractivity contribution in [1.82, 2.24) is 10.2 Å².